The minimum atomic E-state index is 0.359. The molecule has 1 aromatic heterocycles. The lowest BCUT2D eigenvalue weighted by molar-refractivity contribution is -0.133. The van der Waals surface area contributed by atoms with E-state index in [0.717, 1.165) is 50.3 Å². The number of halogens is 1. The maximum Gasteiger partial charge on any atom is 0.225 e. The Kier molecular flexibility index (Phi) is 4.10. The number of piperidine rings is 1. The molecule has 5 heteroatoms. The average Bonchev–Trinajstić information content (AvgIpc) is 3.19. The van der Waals surface area contributed by atoms with Crippen LogP contribution in [0.2, 0.25) is 5.02 Å². The van der Waals surface area contributed by atoms with E-state index < -0.39 is 0 Å². The molecule has 3 nitrogen and oxygen atoms in total. The summed E-state index contributed by atoms with van der Waals surface area (Å²) >= 11 is 7.61. The van der Waals surface area contributed by atoms with Gasteiger partial charge in [0, 0.05) is 41.9 Å². The fraction of sp³-hybridized carbons (Fsp3) is 0.643. The van der Waals surface area contributed by atoms with Gasteiger partial charge in [0.25, 0.3) is 0 Å². The zero-order valence-corrected chi connectivity index (χ0v) is 12.5. The Morgan fingerprint density at radius 3 is 2.68 bits per heavy atom. The SMILES string of the molecule is O=C(C1CC1)N1CCC(NCc2cc(Cl)cs2)CC1. The maximum absolute atomic E-state index is 11.9. The van der Waals surface area contributed by atoms with Crippen molar-refractivity contribution in [2.75, 3.05) is 13.1 Å². The van der Waals surface area contributed by atoms with E-state index >= 15 is 0 Å². The Labute approximate surface area is 122 Å². The van der Waals surface area contributed by atoms with Crippen LogP contribution >= 0.6 is 22.9 Å². The standard InChI is InChI=1S/C14H19ClN2OS/c15-11-7-13(19-9-11)8-16-12-3-5-17(6-4-12)14(18)10-1-2-10/h7,9-10,12,16H,1-6,8H2. The summed E-state index contributed by atoms with van der Waals surface area (Å²) in [4.78, 5) is 15.3. The second-order valence-electron chi connectivity index (χ2n) is 5.49. The number of thiophene rings is 1. The molecule has 1 saturated carbocycles. The van der Waals surface area contributed by atoms with E-state index in [1.807, 2.05) is 11.4 Å². The van der Waals surface area contributed by atoms with Crippen molar-refractivity contribution < 1.29 is 4.79 Å². The van der Waals surface area contributed by atoms with Crippen molar-refractivity contribution in [1.29, 1.82) is 0 Å². The van der Waals surface area contributed by atoms with Gasteiger partial charge in [-0.05, 0) is 31.7 Å². The van der Waals surface area contributed by atoms with Crippen LogP contribution < -0.4 is 5.32 Å². The Morgan fingerprint density at radius 2 is 2.11 bits per heavy atom. The van der Waals surface area contributed by atoms with Crippen LogP contribution in [-0.4, -0.2) is 29.9 Å². The minimum absolute atomic E-state index is 0.359. The monoisotopic (exact) mass is 298 g/mol. The largest absolute Gasteiger partial charge is 0.342 e. The topological polar surface area (TPSA) is 32.3 Å². The molecule has 2 aliphatic rings. The number of hydrogen-bond donors (Lipinski definition) is 1. The van der Waals surface area contributed by atoms with Gasteiger partial charge < -0.3 is 10.2 Å². The van der Waals surface area contributed by atoms with E-state index in [4.69, 9.17) is 11.6 Å². The number of carbonyl (C=O) groups excluding carboxylic acids is 1. The third kappa shape index (κ3) is 3.50. The van der Waals surface area contributed by atoms with Crippen LogP contribution in [0.5, 0.6) is 0 Å². The van der Waals surface area contributed by atoms with Gasteiger partial charge in [-0.1, -0.05) is 11.6 Å². The fourth-order valence-corrected chi connectivity index (χ4v) is 3.61. The lowest BCUT2D eigenvalue weighted by atomic mass is 10.0. The average molecular weight is 299 g/mol. The summed E-state index contributed by atoms with van der Waals surface area (Å²) in [5.74, 6) is 0.751. The molecule has 0 bridgehead atoms. The minimum Gasteiger partial charge on any atom is -0.342 e. The number of nitrogens with zero attached hydrogens (tertiary/aromatic N) is 1. The molecule has 0 atom stereocenters. The summed E-state index contributed by atoms with van der Waals surface area (Å²) < 4.78 is 0. The van der Waals surface area contributed by atoms with Crippen LogP contribution in [-0.2, 0) is 11.3 Å². The van der Waals surface area contributed by atoms with Crippen molar-refractivity contribution in [1.82, 2.24) is 10.2 Å². The Bertz CT molecular complexity index is 450. The Hall–Kier alpha value is -0.580. The van der Waals surface area contributed by atoms with Crippen LogP contribution in [0.25, 0.3) is 0 Å². The Morgan fingerprint density at radius 1 is 1.37 bits per heavy atom. The number of amides is 1. The predicted octanol–water partition coefficient (Wildman–Crippen LogP) is 2.89. The van der Waals surface area contributed by atoms with Crippen molar-refractivity contribution in [2.45, 2.75) is 38.3 Å². The van der Waals surface area contributed by atoms with Gasteiger partial charge in [-0.3, -0.25) is 4.79 Å². The zero-order chi connectivity index (χ0) is 13.2. The van der Waals surface area contributed by atoms with Crippen LogP contribution in [0.1, 0.15) is 30.6 Å². The van der Waals surface area contributed by atoms with E-state index in [-0.39, 0.29) is 0 Å². The summed E-state index contributed by atoms with van der Waals surface area (Å²) in [7, 11) is 0. The van der Waals surface area contributed by atoms with Gasteiger partial charge in [-0.25, -0.2) is 0 Å². The molecule has 2 heterocycles. The summed E-state index contributed by atoms with van der Waals surface area (Å²) in [5.41, 5.74) is 0. The third-order valence-electron chi connectivity index (χ3n) is 3.92. The van der Waals surface area contributed by atoms with Crippen molar-refractivity contribution in [2.24, 2.45) is 5.92 Å². The second kappa shape index (κ2) is 5.81. The molecule has 0 radical (unpaired) electrons. The lowest BCUT2D eigenvalue weighted by Crippen LogP contribution is -2.45. The normalized spacial score (nSPS) is 20.8. The summed E-state index contributed by atoms with van der Waals surface area (Å²) in [6.45, 7) is 2.72. The van der Waals surface area contributed by atoms with Gasteiger partial charge in [-0.15, -0.1) is 11.3 Å². The molecule has 1 saturated heterocycles. The molecule has 1 aliphatic carbocycles. The molecular formula is C14H19ClN2OS. The van der Waals surface area contributed by atoms with Crippen LogP contribution in [0.3, 0.4) is 0 Å². The number of hydrogen-bond acceptors (Lipinski definition) is 3. The molecule has 19 heavy (non-hydrogen) atoms. The highest BCUT2D eigenvalue weighted by molar-refractivity contribution is 7.10. The van der Waals surface area contributed by atoms with Gasteiger partial charge in [0.1, 0.15) is 0 Å². The molecule has 2 fully saturated rings. The molecular weight excluding hydrogens is 280 g/mol. The number of likely N-dealkylation sites (tertiary alicyclic amines) is 1. The maximum atomic E-state index is 11.9. The van der Waals surface area contributed by atoms with Crippen molar-refractivity contribution in [3.05, 3.63) is 21.3 Å². The van der Waals surface area contributed by atoms with E-state index in [1.54, 1.807) is 11.3 Å². The summed E-state index contributed by atoms with van der Waals surface area (Å²) in [6, 6.07) is 2.55. The molecule has 3 rings (SSSR count). The first kappa shape index (κ1) is 13.4. The first-order valence-electron chi connectivity index (χ1n) is 6.97. The van der Waals surface area contributed by atoms with Crippen LogP contribution in [0, 0.1) is 5.92 Å². The third-order valence-corrected chi connectivity index (χ3v) is 5.20. The van der Waals surface area contributed by atoms with Crippen molar-refractivity contribution in [3.63, 3.8) is 0 Å². The smallest absolute Gasteiger partial charge is 0.225 e. The Balaban J connectivity index is 1.41. The first-order chi connectivity index (χ1) is 9.22. The van der Waals surface area contributed by atoms with E-state index in [0.29, 0.717) is 17.9 Å². The lowest BCUT2D eigenvalue weighted by Gasteiger charge is -2.32. The highest BCUT2D eigenvalue weighted by Gasteiger charge is 2.34. The van der Waals surface area contributed by atoms with Crippen LogP contribution in [0.4, 0.5) is 0 Å². The highest BCUT2D eigenvalue weighted by Crippen LogP contribution is 2.31. The number of rotatable bonds is 4. The molecule has 0 spiro atoms. The molecule has 0 unspecified atom stereocenters. The summed E-state index contributed by atoms with van der Waals surface area (Å²) in [6.07, 6.45) is 4.35. The zero-order valence-electron chi connectivity index (χ0n) is 10.9. The van der Waals surface area contributed by atoms with E-state index in [1.165, 1.54) is 4.88 Å². The number of nitrogens with one attached hydrogen (secondary N) is 1. The second-order valence-corrected chi connectivity index (χ2v) is 6.92. The molecule has 1 aromatic rings. The van der Waals surface area contributed by atoms with Gasteiger partial charge in [0.2, 0.25) is 5.91 Å². The van der Waals surface area contributed by atoms with Gasteiger partial charge in [0.15, 0.2) is 0 Å². The van der Waals surface area contributed by atoms with E-state index in [9.17, 15) is 4.79 Å². The fourth-order valence-electron chi connectivity index (χ4n) is 2.58. The van der Waals surface area contributed by atoms with Gasteiger partial charge in [-0.2, -0.15) is 0 Å². The van der Waals surface area contributed by atoms with Crippen molar-refractivity contribution >= 4 is 28.8 Å². The highest BCUT2D eigenvalue weighted by atomic mass is 35.5. The van der Waals surface area contributed by atoms with Crippen molar-refractivity contribution in [3.8, 4) is 0 Å². The molecule has 0 aromatic carbocycles. The molecule has 1 aliphatic heterocycles. The quantitative estimate of drug-likeness (QED) is 0.927. The predicted molar refractivity (Wildman–Crippen MR) is 78.5 cm³/mol. The van der Waals surface area contributed by atoms with Gasteiger partial charge in [0.05, 0.1) is 5.02 Å². The molecule has 104 valence electrons. The van der Waals surface area contributed by atoms with Crippen LogP contribution in [0.15, 0.2) is 11.4 Å². The van der Waals surface area contributed by atoms with E-state index in [2.05, 4.69) is 10.2 Å². The molecule has 1 amide bonds. The first-order valence-corrected chi connectivity index (χ1v) is 8.23. The summed E-state index contributed by atoms with van der Waals surface area (Å²) in [5, 5.41) is 6.36. The number of carbonyl (C=O) groups is 1. The molecule has 1 N–H and O–H groups in total. The van der Waals surface area contributed by atoms with Gasteiger partial charge >= 0.3 is 0 Å².